The standard InChI is InChI=1S/C27H41P/c1-5-9-10-13-19-28-26-18-12-11-17-25(26)27-23(15-7-3)20-22(14-6-2)21-24(27)16-8-4/h11-12,17-18,20-21,28H,5-10,13-16,19H2,1-4H3. The van der Waals surface area contributed by atoms with Crippen molar-refractivity contribution in [2.24, 2.45) is 0 Å². The predicted octanol–water partition coefficient (Wildman–Crippen LogP) is 8.10. The topological polar surface area (TPSA) is 0 Å². The molecule has 0 heterocycles. The van der Waals surface area contributed by atoms with Gasteiger partial charge in [-0.05, 0) is 65.0 Å². The summed E-state index contributed by atoms with van der Waals surface area (Å²) in [6.07, 6.45) is 14.1. The van der Waals surface area contributed by atoms with E-state index in [0.717, 1.165) is 8.58 Å². The van der Waals surface area contributed by atoms with E-state index >= 15 is 0 Å². The Morgan fingerprint density at radius 1 is 0.679 bits per heavy atom. The Balaban J connectivity index is 2.41. The van der Waals surface area contributed by atoms with Gasteiger partial charge in [0.15, 0.2) is 0 Å². The molecule has 2 rings (SSSR count). The van der Waals surface area contributed by atoms with Crippen LogP contribution in [0, 0.1) is 0 Å². The monoisotopic (exact) mass is 396 g/mol. The molecule has 0 bridgehead atoms. The van der Waals surface area contributed by atoms with E-state index in [4.69, 9.17) is 0 Å². The van der Waals surface area contributed by atoms with Gasteiger partial charge in [0, 0.05) is 0 Å². The highest BCUT2D eigenvalue weighted by Gasteiger charge is 2.15. The molecular formula is C27H41P. The number of hydrogen-bond acceptors (Lipinski definition) is 0. The lowest BCUT2D eigenvalue weighted by atomic mass is 9.87. The van der Waals surface area contributed by atoms with Crippen molar-refractivity contribution in [3.8, 4) is 11.1 Å². The van der Waals surface area contributed by atoms with Gasteiger partial charge < -0.3 is 0 Å². The maximum atomic E-state index is 2.52. The van der Waals surface area contributed by atoms with Crippen molar-refractivity contribution in [2.75, 3.05) is 6.16 Å². The SMILES string of the molecule is CCCCCCPc1ccccc1-c1c(CCC)cc(CCC)cc1CCC. The summed E-state index contributed by atoms with van der Waals surface area (Å²) in [6, 6.07) is 14.3. The third-order valence-corrected chi connectivity index (χ3v) is 6.90. The summed E-state index contributed by atoms with van der Waals surface area (Å²) in [4.78, 5) is 0. The predicted molar refractivity (Wildman–Crippen MR) is 131 cm³/mol. The van der Waals surface area contributed by atoms with Crippen LogP contribution in [0.2, 0.25) is 0 Å². The molecule has 0 aromatic heterocycles. The van der Waals surface area contributed by atoms with Crippen LogP contribution in [0.5, 0.6) is 0 Å². The van der Waals surface area contributed by atoms with E-state index in [1.54, 1.807) is 22.0 Å². The van der Waals surface area contributed by atoms with Crippen molar-refractivity contribution in [1.82, 2.24) is 0 Å². The molecule has 0 nitrogen and oxygen atoms in total. The molecular weight excluding hydrogens is 355 g/mol. The first-order valence-electron chi connectivity index (χ1n) is 11.7. The van der Waals surface area contributed by atoms with E-state index < -0.39 is 0 Å². The zero-order valence-electron chi connectivity index (χ0n) is 18.7. The van der Waals surface area contributed by atoms with Gasteiger partial charge in [0.2, 0.25) is 0 Å². The average Bonchev–Trinajstić information content (AvgIpc) is 2.69. The molecule has 2 aromatic rings. The van der Waals surface area contributed by atoms with Crippen LogP contribution >= 0.6 is 8.58 Å². The minimum atomic E-state index is 0.935. The highest BCUT2D eigenvalue weighted by atomic mass is 31.1. The molecule has 0 aliphatic heterocycles. The maximum Gasteiger partial charge on any atom is -0.0104 e. The summed E-state index contributed by atoms with van der Waals surface area (Å²) in [6.45, 7) is 9.22. The highest BCUT2D eigenvalue weighted by molar-refractivity contribution is 7.47. The molecule has 0 fully saturated rings. The summed E-state index contributed by atoms with van der Waals surface area (Å²) in [5.41, 5.74) is 7.80. The Bertz CT molecular complexity index is 674. The Hall–Kier alpha value is -1.13. The van der Waals surface area contributed by atoms with E-state index in [9.17, 15) is 0 Å². The summed E-state index contributed by atoms with van der Waals surface area (Å²) in [5.74, 6) is 0. The van der Waals surface area contributed by atoms with Crippen LogP contribution in [0.25, 0.3) is 11.1 Å². The van der Waals surface area contributed by atoms with E-state index in [-0.39, 0.29) is 0 Å². The summed E-state index contributed by atoms with van der Waals surface area (Å²) >= 11 is 0. The van der Waals surface area contributed by atoms with Crippen LogP contribution in [0.1, 0.15) is 89.3 Å². The molecule has 0 aliphatic rings. The van der Waals surface area contributed by atoms with Gasteiger partial charge in [-0.3, -0.25) is 0 Å². The van der Waals surface area contributed by atoms with E-state index in [1.165, 1.54) is 81.5 Å². The zero-order chi connectivity index (χ0) is 20.2. The van der Waals surface area contributed by atoms with Gasteiger partial charge in [-0.15, -0.1) is 0 Å². The van der Waals surface area contributed by atoms with Crippen molar-refractivity contribution in [1.29, 1.82) is 0 Å². The number of rotatable bonds is 13. The number of unbranched alkanes of at least 4 members (excludes halogenated alkanes) is 3. The highest BCUT2D eigenvalue weighted by Crippen LogP contribution is 2.33. The van der Waals surface area contributed by atoms with Crippen LogP contribution in [0.4, 0.5) is 0 Å². The molecule has 0 saturated heterocycles. The van der Waals surface area contributed by atoms with Gasteiger partial charge in [-0.25, -0.2) is 0 Å². The van der Waals surface area contributed by atoms with Gasteiger partial charge >= 0.3 is 0 Å². The molecule has 28 heavy (non-hydrogen) atoms. The molecule has 0 saturated carbocycles. The van der Waals surface area contributed by atoms with Crippen molar-refractivity contribution < 1.29 is 0 Å². The second kappa shape index (κ2) is 13.2. The molecule has 0 N–H and O–H groups in total. The van der Waals surface area contributed by atoms with Crippen LogP contribution in [-0.4, -0.2) is 6.16 Å². The number of aryl methyl sites for hydroxylation is 3. The molecule has 0 radical (unpaired) electrons. The molecule has 0 amide bonds. The lowest BCUT2D eigenvalue weighted by Crippen LogP contribution is -2.07. The first-order valence-corrected chi connectivity index (χ1v) is 12.9. The molecule has 1 unspecified atom stereocenters. The molecule has 0 aliphatic carbocycles. The smallest absolute Gasteiger partial charge is 0.0104 e. The van der Waals surface area contributed by atoms with Gasteiger partial charge in [0.05, 0.1) is 0 Å². The fourth-order valence-electron chi connectivity index (χ4n) is 4.18. The second-order valence-electron chi connectivity index (χ2n) is 8.07. The lowest BCUT2D eigenvalue weighted by Gasteiger charge is -2.20. The van der Waals surface area contributed by atoms with E-state index in [1.807, 2.05) is 0 Å². The van der Waals surface area contributed by atoms with Crippen molar-refractivity contribution in [3.05, 3.63) is 53.1 Å². The average molecular weight is 397 g/mol. The van der Waals surface area contributed by atoms with Gasteiger partial charge in [0.25, 0.3) is 0 Å². The first-order chi connectivity index (χ1) is 13.7. The van der Waals surface area contributed by atoms with Crippen molar-refractivity contribution in [2.45, 2.75) is 91.9 Å². The zero-order valence-corrected chi connectivity index (χ0v) is 19.7. The van der Waals surface area contributed by atoms with Crippen LogP contribution in [0.15, 0.2) is 36.4 Å². The number of hydrogen-bond donors (Lipinski definition) is 0. The molecule has 1 atom stereocenters. The van der Waals surface area contributed by atoms with E-state index in [0.29, 0.717) is 0 Å². The largest absolute Gasteiger partial charge is 0.0897 e. The minimum Gasteiger partial charge on any atom is -0.0897 e. The quantitative estimate of drug-likeness (QED) is 0.237. The first kappa shape index (κ1) is 23.2. The molecule has 0 spiro atoms. The Morgan fingerprint density at radius 2 is 1.32 bits per heavy atom. The maximum absolute atomic E-state index is 2.52. The molecule has 2 aromatic carbocycles. The molecule has 154 valence electrons. The lowest BCUT2D eigenvalue weighted by molar-refractivity contribution is 0.706. The summed E-state index contributed by atoms with van der Waals surface area (Å²) < 4.78 is 0. The fourth-order valence-corrected chi connectivity index (χ4v) is 5.49. The number of benzene rings is 2. The molecule has 1 heteroatoms. The van der Waals surface area contributed by atoms with Crippen LogP contribution in [-0.2, 0) is 19.3 Å². The van der Waals surface area contributed by atoms with Crippen molar-refractivity contribution in [3.63, 3.8) is 0 Å². The normalized spacial score (nSPS) is 11.6. The Kier molecular flexibility index (Phi) is 10.9. The van der Waals surface area contributed by atoms with Crippen LogP contribution in [0.3, 0.4) is 0 Å². The third kappa shape index (κ3) is 6.73. The van der Waals surface area contributed by atoms with Gasteiger partial charge in [0.1, 0.15) is 0 Å². The summed E-state index contributed by atoms with van der Waals surface area (Å²) in [7, 11) is 0.935. The Morgan fingerprint density at radius 3 is 1.93 bits per heavy atom. The van der Waals surface area contributed by atoms with Gasteiger partial charge in [-0.1, -0.05) is 111 Å². The second-order valence-corrected chi connectivity index (χ2v) is 9.46. The third-order valence-electron chi connectivity index (χ3n) is 5.48. The van der Waals surface area contributed by atoms with Crippen LogP contribution < -0.4 is 5.30 Å². The van der Waals surface area contributed by atoms with Crippen molar-refractivity contribution >= 4 is 13.9 Å². The minimum absolute atomic E-state index is 0.935. The fraction of sp³-hybridized carbons (Fsp3) is 0.556. The summed E-state index contributed by atoms with van der Waals surface area (Å²) in [5, 5.41) is 1.58. The van der Waals surface area contributed by atoms with E-state index in [2.05, 4.69) is 64.1 Å². The van der Waals surface area contributed by atoms with Gasteiger partial charge in [-0.2, -0.15) is 0 Å². The Labute approximate surface area is 176 Å².